The third-order valence-electron chi connectivity index (χ3n) is 2.65. The first kappa shape index (κ1) is 13.9. The van der Waals surface area contributed by atoms with Crippen LogP contribution >= 0.6 is 0 Å². The summed E-state index contributed by atoms with van der Waals surface area (Å²) in [5.74, 6) is 3.15. The fraction of sp³-hybridized carbons (Fsp3) is 0.308. The first-order valence-electron chi connectivity index (χ1n) is 6.11. The van der Waals surface area contributed by atoms with Gasteiger partial charge in [-0.1, -0.05) is 0 Å². The van der Waals surface area contributed by atoms with Gasteiger partial charge in [-0.3, -0.25) is 0 Å². The monoisotopic (exact) mass is 275 g/mol. The van der Waals surface area contributed by atoms with E-state index in [0.29, 0.717) is 24.2 Å². The second-order valence-electron chi connectivity index (χ2n) is 4.15. The maximum atomic E-state index is 7.08. The van der Waals surface area contributed by atoms with Crippen LogP contribution < -0.4 is 10.6 Å². The molecule has 1 aromatic heterocycles. The molecular weight excluding hydrogens is 258 g/mol. The first-order chi connectivity index (χ1) is 9.62. The second kappa shape index (κ2) is 6.05. The van der Waals surface area contributed by atoms with Crippen LogP contribution in [0, 0.1) is 19.3 Å². The Hall–Kier alpha value is -2.57. The van der Waals surface area contributed by atoms with Gasteiger partial charge >= 0.3 is 0 Å². The number of hydrogen-bond acceptors (Lipinski definition) is 7. The number of hydrogen-bond donors (Lipinski definition) is 3. The van der Waals surface area contributed by atoms with Gasteiger partial charge in [0.15, 0.2) is 5.89 Å². The molecule has 0 aliphatic carbocycles. The van der Waals surface area contributed by atoms with Crippen molar-refractivity contribution < 1.29 is 9.15 Å². The van der Waals surface area contributed by atoms with Crippen LogP contribution in [0.15, 0.2) is 33.2 Å². The van der Waals surface area contributed by atoms with Crippen molar-refractivity contribution in [3.8, 4) is 0 Å². The quantitative estimate of drug-likeness (QED) is 0.721. The maximum absolute atomic E-state index is 7.08. The minimum absolute atomic E-state index is 0.463. The number of allylic oxidation sites excluding steroid dienone is 1. The molecule has 0 spiro atoms. The number of nitrogens with zero attached hydrogens (tertiary/aromatic N) is 2. The molecule has 1 aliphatic heterocycles. The lowest BCUT2D eigenvalue weighted by atomic mass is 10.3. The highest BCUT2D eigenvalue weighted by Crippen LogP contribution is 2.10. The number of aliphatic imine (C=N–C) groups is 1. The Bertz CT molecular complexity index is 598. The van der Waals surface area contributed by atoms with Crippen molar-refractivity contribution in [3.05, 3.63) is 41.1 Å². The fourth-order valence-corrected chi connectivity index (χ4v) is 1.75. The highest BCUT2D eigenvalue weighted by molar-refractivity contribution is 5.90. The summed E-state index contributed by atoms with van der Waals surface area (Å²) >= 11 is 0. The first-order valence-corrected chi connectivity index (χ1v) is 6.11. The smallest absolute Gasteiger partial charge is 0.218 e. The lowest BCUT2D eigenvalue weighted by Gasteiger charge is -2.17. The molecule has 2 heterocycles. The van der Waals surface area contributed by atoms with E-state index >= 15 is 0 Å². The van der Waals surface area contributed by atoms with E-state index in [1.165, 1.54) is 6.08 Å². The zero-order valence-corrected chi connectivity index (χ0v) is 11.7. The molecule has 0 aromatic carbocycles. The molecule has 1 aliphatic rings. The lowest BCUT2D eigenvalue weighted by Crippen LogP contribution is -2.29. The van der Waals surface area contributed by atoms with Crippen LogP contribution in [-0.4, -0.2) is 24.2 Å². The molecule has 0 radical (unpaired) electrons. The Morgan fingerprint density at radius 2 is 2.30 bits per heavy atom. The zero-order chi connectivity index (χ0) is 14.5. The van der Waals surface area contributed by atoms with Crippen LogP contribution in [0.3, 0.4) is 0 Å². The Morgan fingerprint density at radius 3 is 2.90 bits per heavy atom. The summed E-state index contributed by atoms with van der Waals surface area (Å²) in [4.78, 5) is 8.37. The molecule has 0 unspecified atom stereocenters. The van der Waals surface area contributed by atoms with Gasteiger partial charge in [-0.15, -0.1) is 0 Å². The van der Waals surface area contributed by atoms with Crippen LogP contribution in [0.1, 0.15) is 17.3 Å². The standard InChI is InChI=1S/C13H17N5O2/c1-8-10(20-9(2)16-8)7-15-12-6-13(19-3)18-11(17-12)4-5-14/h4-6,14-15,17H,7H2,1-3H3/b11-4+,14-5?. The Balaban J connectivity index is 2.07. The van der Waals surface area contributed by atoms with Gasteiger partial charge in [0.05, 0.1) is 19.3 Å². The number of aromatic nitrogens is 1. The predicted molar refractivity (Wildman–Crippen MR) is 75.3 cm³/mol. The van der Waals surface area contributed by atoms with Crippen LogP contribution in [0.5, 0.6) is 0 Å². The number of rotatable bonds is 4. The van der Waals surface area contributed by atoms with Crippen molar-refractivity contribution in [2.75, 3.05) is 7.11 Å². The molecule has 3 N–H and O–H groups in total. The van der Waals surface area contributed by atoms with Crippen LogP contribution in [0.2, 0.25) is 0 Å². The van der Waals surface area contributed by atoms with Gasteiger partial charge in [-0.25, -0.2) is 4.98 Å². The molecule has 0 saturated heterocycles. The van der Waals surface area contributed by atoms with Crippen molar-refractivity contribution in [2.45, 2.75) is 20.4 Å². The molecule has 0 atom stereocenters. The van der Waals surface area contributed by atoms with Crippen LogP contribution in [0.4, 0.5) is 0 Å². The van der Waals surface area contributed by atoms with E-state index in [-0.39, 0.29) is 0 Å². The minimum atomic E-state index is 0.463. The summed E-state index contributed by atoms with van der Waals surface area (Å²) in [6, 6.07) is 0. The molecule has 0 saturated carbocycles. The molecule has 106 valence electrons. The van der Waals surface area contributed by atoms with Crippen LogP contribution in [0.25, 0.3) is 0 Å². The van der Waals surface area contributed by atoms with E-state index in [9.17, 15) is 0 Å². The van der Waals surface area contributed by atoms with Gasteiger partial charge in [-0.2, -0.15) is 4.99 Å². The third-order valence-corrected chi connectivity index (χ3v) is 2.65. The van der Waals surface area contributed by atoms with Crippen molar-refractivity contribution >= 4 is 12.1 Å². The van der Waals surface area contributed by atoms with E-state index in [1.54, 1.807) is 13.2 Å². The fourth-order valence-electron chi connectivity index (χ4n) is 1.75. The zero-order valence-electron chi connectivity index (χ0n) is 11.7. The molecule has 7 heteroatoms. The summed E-state index contributed by atoms with van der Waals surface area (Å²) < 4.78 is 10.6. The Kier molecular flexibility index (Phi) is 4.19. The second-order valence-corrected chi connectivity index (χ2v) is 4.15. The molecule has 20 heavy (non-hydrogen) atoms. The number of nitrogens with one attached hydrogen (secondary N) is 3. The number of aryl methyl sites for hydroxylation is 2. The average Bonchev–Trinajstić information content (AvgIpc) is 2.75. The van der Waals surface area contributed by atoms with Gasteiger partial charge in [0.1, 0.15) is 17.4 Å². The SMILES string of the molecule is COC1=N/C(=C/C=N)NC(NCc2oc(C)nc2C)=C1. The largest absolute Gasteiger partial charge is 0.481 e. The highest BCUT2D eigenvalue weighted by atomic mass is 16.5. The Morgan fingerprint density at radius 1 is 1.50 bits per heavy atom. The van der Waals surface area contributed by atoms with Gasteiger partial charge < -0.3 is 25.2 Å². The van der Waals surface area contributed by atoms with E-state index in [4.69, 9.17) is 14.6 Å². The van der Waals surface area contributed by atoms with Crippen molar-refractivity contribution in [1.29, 1.82) is 5.41 Å². The molecule has 0 fully saturated rings. The van der Waals surface area contributed by atoms with Gasteiger partial charge in [0.2, 0.25) is 5.90 Å². The number of oxazole rings is 1. The highest BCUT2D eigenvalue weighted by Gasteiger charge is 2.12. The molecule has 0 bridgehead atoms. The molecule has 0 amide bonds. The van der Waals surface area contributed by atoms with Crippen molar-refractivity contribution in [1.82, 2.24) is 15.6 Å². The summed E-state index contributed by atoms with van der Waals surface area (Å²) in [5, 5.41) is 13.3. The van der Waals surface area contributed by atoms with Gasteiger partial charge in [-0.05, 0) is 13.0 Å². The van der Waals surface area contributed by atoms with E-state index in [0.717, 1.165) is 23.5 Å². The molecule has 1 aromatic rings. The normalized spacial score (nSPS) is 16.2. The molecular formula is C13H17N5O2. The van der Waals surface area contributed by atoms with Crippen molar-refractivity contribution in [3.63, 3.8) is 0 Å². The van der Waals surface area contributed by atoms with Crippen LogP contribution in [-0.2, 0) is 11.3 Å². The van der Waals surface area contributed by atoms with E-state index in [1.807, 2.05) is 13.8 Å². The van der Waals surface area contributed by atoms with E-state index in [2.05, 4.69) is 20.6 Å². The van der Waals surface area contributed by atoms with Gasteiger partial charge in [0.25, 0.3) is 0 Å². The summed E-state index contributed by atoms with van der Waals surface area (Å²) in [6.45, 7) is 4.22. The third kappa shape index (κ3) is 3.25. The summed E-state index contributed by atoms with van der Waals surface area (Å²) in [5.41, 5.74) is 0.863. The predicted octanol–water partition coefficient (Wildman–Crippen LogP) is 1.36. The average molecular weight is 275 g/mol. The topological polar surface area (TPSA) is 95.5 Å². The van der Waals surface area contributed by atoms with E-state index < -0.39 is 0 Å². The van der Waals surface area contributed by atoms with Crippen molar-refractivity contribution in [2.24, 2.45) is 4.99 Å². The molecule has 2 rings (SSSR count). The minimum Gasteiger partial charge on any atom is -0.481 e. The maximum Gasteiger partial charge on any atom is 0.218 e. The number of methoxy groups -OCH3 is 1. The van der Waals surface area contributed by atoms with Gasteiger partial charge in [0, 0.05) is 19.2 Å². The summed E-state index contributed by atoms with van der Waals surface area (Å²) in [6.07, 6.45) is 4.43. The lowest BCUT2D eigenvalue weighted by molar-refractivity contribution is 0.402. The Labute approximate surface area is 117 Å². The molecule has 7 nitrogen and oxygen atoms in total. The number of ether oxygens (including phenoxy) is 1. The summed E-state index contributed by atoms with van der Waals surface area (Å²) in [7, 11) is 1.55.